The predicted molar refractivity (Wildman–Crippen MR) is 73.1 cm³/mol. The van der Waals surface area contributed by atoms with Gasteiger partial charge in [-0.1, -0.05) is 12.1 Å². The van der Waals surface area contributed by atoms with Crippen molar-refractivity contribution in [3.05, 3.63) is 29.8 Å². The molecule has 1 aliphatic rings. The van der Waals surface area contributed by atoms with E-state index in [4.69, 9.17) is 9.84 Å². The Morgan fingerprint density at radius 3 is 2.84 bits per heavy atom. The zero-order chi connectivity index (χ0) is 13.5. The Hall–Kier alpha value is -1.43. The van der Waals surface area contributed by atoms with Gasteiger partial charge in [-0.25, -0.2) is 0 Å². The summed E-state index contributed by atoms with van der Waals surface area (Å²) in [6.07, 6.45) is 1.05. The van der Waals surface area contributed by atoms with E-state index in [0.29, 0.717) is 26.1 Å². The Labute approximate surface area is 113 Å². The molecule has 1 saturated heterocycles. The van der Waals surface area contributed by atoms with Gasteiger partial charge in [0.2, 0.25) is 5.91 Å². The molecule has 1 unspecified atom stereocenters. The molecule has 1 heterocycles. The van der Waals surface area contributed by atoms with Crippen LogP contribution in [0.2, 0.25) is 0 Å². The molecule has 0 bridgehead atoms. The molecule has 104 valence electrons. The molecule has 19 heavy (non-hydrogen) atoms. The minimum atomic E-state index is -0.0158. The summed E-state index contributed by atoms with van der Waals surface area (Å²) in [5.74, 6) is -0.0158. The van der Waals surface area contributed by atoms with Gasteiger partial charge < -0.3 is 20.5 Å². The second kappa shape index (κ2) is 7.23. The van der Waals surface area contributed by atoms with Crippen molar-refractivity contribution in [2.45, 2.75) is 18.9 Å². The van der Waals surface area contributed by atoms with Gasteiger partial charge in [0.15, 0.2) is 0 Å². The number of ether oxygens (including phenoxy) is 1. The Morgan fingerprint density at radius 1 is 1.42 bits per heavy atom. The smallest absolute Gasteiger partial charge is 0.226 e. The van der Waals surface area contributed by atoms with Gasteiger partial charge in [-0.05, 0) is 24.1 Å². The third kappa shape index (κ3) is 4.63. The molecule has 1 aromatic rings. The third-order valence-electron chi connectivity index (χ3n) is 3.07. The minimum Gasteiger partial charge on any atom is -0.396 e. The van der Waals surface area contributed by atoms with Crippen LogP contribution < -0.4 is 10.6 Å². The Morgan fingerprint density at radius 2 is 2.21 bits per heavy atom. The molecular formula is C14H20N2O3. The van der Waals surface area contributed by atoms with Crippen LogP contribution in [-0.4, -0.2) is 43.4 Å². The zero-order valence-electron chi connectivity index (χ0n) is 10.9. The summed E-state index contributed by atoms with van der Waals surface area (Å²) in [7, 11) is 0. The highest BCUT2D eigenvalue weighted by atomic mass is 16.5. The normalized spacial score (nSPS) is 19.1. The van der Waals surface area contributed by atoms with E-state index >= 15 is 0 Å². The molecule has 0 aromatic heterocycles. The van der Waals surface area contributed by atoms with E-state index in [9.17, 15) is 4.79 Å². The summed E-state index contributed by atoms with van der Waals surface area (Å²) in [5.41, 5.74) is 1.84. The molecule has 3 N–H and O–H groups in total. The third-order valence-corrected chi connectivity index (χ3v) is 3.07. The van der Waals surface area contributed by atoms with E-state index in [1.807, 2.05) is 24.3 Å². The van der Waals surface area contributed by atoms with E-state index in [2.05, 4.69) is 10.6 Å². The first-order valence-corrected chi connectivity index (χ1v) is 6.58. The predicted octanol–water partition coefficient (Wildman–Crippen LogP) is 0.538. The van der Waals surface area contributed by atoms with Crippen LogP contribution in [0.3, 0.4) is 0 Å². The molecule has 0 saturated carbocycles. The van der Waals surface area contributed by atoms with Gasteiger partial charge in [0.1, 0.15) is 0 Å². The van der Waals surface area contributed by atoms with E-state index in [1.54, 1.807) is 0 Å². The maximum atomic E-state index is 11.8. The minimum absolute atomic E-state index is 0.0158. The second-order valence-corrected chi connectivity index (χ2v) is 4.65. The number of amides is 1. The van der Waals surface area contributed by atoms with Gasteiger partial charge in [0.05, 0.1) is 13.2 Å². The highest BCUT2D eigenvalue weighted by molar-refractivity contribution is 5.91. The van der Waals surface area contributed by atoms with Crippen molar-refractivity contribution in [1.82, 2.24) is 5.32 Å². The van der Waals surface area contributed by atoms with E-state index < -0.39 is 0 Å². The van der Waals surface area contributed by atoms with Gasteiger partial charge in [-0.15, -0.1) is 0 Å². The van der Waals surface area contributed by atoms with Crippen molar-refractivity contribution < 1.29 is 14.6 Å². The topological polar surface area (TPSA) is 70.6 Å². The molecular weight excluding hydrogens is 244 g/mol. The molecule has 2 rings (SSSR count). The summed E-state index contributed by atoms with van der Waals surface area (Å²) in [4.78, 5) is 11.8. The molecule has 0 spiro atoms. The van der Waals surface area contributed by atoms with Crippen molar-refractivity contribution in [3.63, 3.8) is 0 Å². The van der Waals surface area contributed by atoms with Crippen LogP contribution in [-0.2, 0) is 16.0 Å². The lowest BCUT2D eigenvalue weighted by Gasteiger charge is -2.23. The zero-order valence-corrected chi connectivity index (χ0v) is 10.9. The van der Waals surface area contributed by atoms with Crippen LogP contribution in [0.5, 0.6) is 0 Å². The number of hydrogen-bond donors (Lipinski definition) is 3. The molecule has 5 nitrogen and oxygen atoms in total. The average Bonchev–Trinajstić information content (AvgIpc) is 2.42. The molecule has 1 fully saturated rings. The maximum absolute atomic E-state index is 11.8. The number of carbonyl (C=O) groups is 1. The van der Waals surface area contributed by atoms with Gasteiger partial charge in [0, 0.05) is 31.3 Å². The number of benzene rings is 1. The van der Waals surface area contributed by atoms with Crippen LogP contribution in [0.4, 0.5) is 5.69 Å². The van der Waals surface area contributed by atoms with Crippen LogP contribution >= 0.6 is 0 Å². The van der Waals surface area contributed by atoms with Crippen LogP contribution in [0.15, 0.2) is 24.3 Å². The number of nitrogens with one attached hydrogen (secondary N) is 2. The van der Waals surface area contributed by atoms with Crippen LogP contribution in [0.25, 0.3) is 0 Å². The Bertz CT molecular complexity index is 400. The Balaban J connectivity index is 1.80. The standard InChI is InChI=1S/C14H20N2O3/c17-7-5-11-1-3-12(4-2-11)16-14(18)9-13-10-19-8-6-15-13/h1-4,13,15,17H,5-10H2,(H,16,18). The molecule has 0 aliphatic carbocycles. The summed E-state index contributed by atoms with van der Waals surface area (Å²) < 4.78 is 5.31. The number of carbonyl (C=O) groups excluding carboxylic acids is 1. The Kier molecular flexibility index (Phi) is 5.32. The van der Waals surface area contributed by atoms with Crippen molar-refractivity contribution >= 4 is 11.6 Å². The first-order chi connectivity index (χ1) is 9.28. The van der Waals surface area contributed by atoms with E-state index in [-0.39, 0.29) is 18.6 Å². The number of morpholine rings is 1. The fourth-order valence-corrected chi connectivity index (χ4v) is 2.07. The number of rotatable bonds is 5. The molecule has 1 aromatic carbocycles. The highest BCUT2D eigenvalue weighted by Gasteiger charge is 2.16. The van der Waals surface area contributed by atoms with Gasteiger partial charge in [0.25, 0.3) is 0 Å². The first kappa shape index (κ1) is 14.0. The number of anilines is 1. The lowest BCUT2D eigenvalue weighted by atomic mass is 10.1. The fourth-order valence-electron chi connectivity index (χ4n) is 2.07. The monoisotopic (exact) mass is 264 g/mol. The van der Waals surface area contributed by atoms with Gasteiger partial charge >= 0.3 is 0 Å². The average molecular weight is 264 g/mol. The van der Waals surface area contributed by atoms with Crippen molar-refractivity contribution in [3.8, 4) is 0 Å². The first-order valence-electron chi connectivity index (χ1n) is 6.58. The van der Waals surface area contributed by atoms with Crippen molar-refractivity contribution in [1.29, 1.82) is 0 Å². The van der Waals surface area contributed by atoms with Gasteiger partial charge in [-0.2, -0.15) is 0 Å². The molecule has 1 amide bonds. The number of aliphatic hydroxyl groups is 1. The molecule has 1 atom stereocenters. The molecule has 1 aliphatic heterocycles. The SMILES string of the molecule is O=C(CC1COCCN1)Nc1ccc(CCO)cc1. The van der Waals surface area contributed by atoms with E-state index in [1.165, 1.54) is 0 Å². The highest BCUT2D eigenvalue weighted by Crippen LogP contribution is 2.11. The van der Waals surface area contributed by atoms with Crippen LogP contribution in [0, 0.1) is 0 Å². The van der Waals surface area contributed by atoms with Crippen molar-refractivity contribution in [2.75, 3.05) is 31.7 Å². The summed E-state index contributed by atoms with van der Waals surface area (Å²) in [5, 5.41) is 14.9. The molecule has 0 radical (unpaired) electrons. The van der Waals surface area contributed by atoms with E-state index in [0.717, 1.165) is 17.8 Å². The summed E-state index contributed by atoms with van der Waals surface area (Å²) in [6, 6.07) is 7.63. The largest absolute Gasteiger partial charge is 0.396 e. The summed E-state index contributed by atoms with van der Waals surface area (Å²) in [6.45, 7) is 2.24. The lowest BCUT2D eigenvalue weighted by Crippen LogP contribution is -2.43. The number of hydrogen-bond acceptors (Lipinski definition) is 4. The van der Waals surface area contributed by atoms with Crippen molar-refractivity contribution in [2.24, 2.45) is 0 Å². The van der Waals surface area contributed by atoms with Crippen LogP contribution in [0.1, 0.15) is 12.0 Å². The quantitative estimate of drug-likeness (QED) is 0.726. The molecule has 5 heteroatoms. The van der Waals surface area contributed by atoms with Gasteiger partial charge in [-0.3, -0.25) is 4.79 Å². The maximum Gasteiger partial charge on any atom is 0.226 e. The summed E-state index contributed by atoms with van der Waals surface area (Å²) >= 11 is 0. The fraction of sp³-hybridized carbons (Fsp3) is 0.500. The lowest BCUT2D eigenvalue weighted by molar-refractivity contribution is -0.117. The number of aliphatic hydroxyl groups excluding tert-OH is 1. The second-order valence-electron chi connectivity index (χ2n) is 4.65.